The SMILES string of the molecule is CC(C)(C)c1ccc(-c2cc(C(C)(C)C)ccc2N2c3ccc(C(C)(C)C)cc3B3c4oc5cc(C(C)(C)C)ccc5c4N(c4ccc5c(c4)C(C)(C)CCC5(C)C)c4cc(-n5c6ccccc6c6ccccc65)cc2c43)cc1. The number of furan rings is 1. The average Bonchev–Trinajstić information content (AvgIpc) is 4.21. The number of anilines is 6. The topological polar surface area (TPSA) is 24.6 Å². The summed E-state index contributed by atoms with van der Waals surface area (Å²) in [6, 6.07) is 61.4. The Kier molecular flexibility index (Phi) is 11.1. The maximum atomic E-state index is 7.67. The molecule has 0 N–H and O–H groups in total. The minimum Gasteiger partial charge on any atom is -0.468 e. The van der Waals surface area contributed by atoms with Crippen LogP contribution >= 0.6 is 0 Å². The molecule has 0 radical (unpaired) electrons. The van der Waals surface area contributed by atoms with Crippen LogP contribution in [0.3, 0.4) is 0 Å². The summed E-state index contributed by atoms with van der Waals surface area (Å²) < 4.78 is 10.2. The standard InChI is InChI=1S/C74H78BN3O/c1-69(2,3)46-27-25-45(26-28-46)55-39-47(70(4,5)6)30-35-61(55)78-62-36-31-48(71(7,8)9)40-58(62)75-66-63(43-51(44-64(66)78)76-59-23-19-17-21-52(59)53-22-18-20-24-60(53)76)77(50-32-34-56-57(42-50)74(15,16)38-37-73(56,13)14)67-54-33-29-49(72(10,11)12)41-65(54)79-68(67)75/h17-36,39-44H,37-38H2,1-16H3. The smallest absolute Gasteiger partial charge is 0.297 e. The Balaban J connectivity index is 1.21. The number of nitrogens with zero attached hydrogens (tertiary/aromatic N) is 3. The zero-order chi connectivity index (χ0) is 55.7. The van der Waals surface area contributed by atoms with E-state index < -0.39 is 0 Å². The first-order chi connectivity index (χ1) is 37.2. The van der Waals surface area contributed by atoms with Crippen molar-refractivity contribution in [1.82, 2.24) is 4.57 Å². The molecule has 0 spiro atoms. The lowest BCUT2D eigenvalue weighted by atomic mass is 9.35. The molecule has 398 valence electrons. The zero-order valence-corrected chi connectivity index (χ0v) is 49.8. The van der Waals surface area contributed by atoms with Gasteiger partial charge in [0.1, 0.15) is 5.58 Å². The summed E-state index contributed by atoms with van der Waals surface area (Å²) in [7, 11) is 0. The Morgan fingerprint density at radius 2 is 0.949 bits per heavy atom. The Morgan fingerprint density at radius 3 is 1.56 bits per heavy atom. The van der Waals surface area contributed by atoms with E-state index >= 15 is 0 Å². The number of rotatable bonds is 4. The summed E-state index contributed by atoms with van der Waals surface area (Å²) in [5, 5.41) is 3.61. The van der Waals surface area contributed by atoms with Crippen molar-refractivity contribution in [2.24, 2.45) is 0 Å². The van der Waals surface area contributed by atoms with E-state index in [2.05, 4.69) is 283 Å². The molecule has 79 heavy (non-hydrogen) atoms. The molecule has 1 aliphatic carbocycles. The van der Waals surface area contributed by atoms with Gasteiger partial charge in [-0.05, 0) is 162 Å². The lowest BCUT2D eigenvalue weighted by Crippen LogP contribution is -2.61. The van der Waals surface area contributed by atoms with Crippen LogP contribution in [0.25, 0.3) is 49.6 Å². The first-order valence-corrected chi connectivity index (χ1v) is 29.1. The summed E-state index contributed by atoms with van der Waals surface area (Å²) in [5.41, 5.74) is 25.1. The fourth-order valence-electron chi connectivity index (χ4n) is 13.6. The molecular formula is C74H78BN3O. The minimum atomic E-state index is -0.223. The summed E-state index contributed by atoms with van der Waals surface area (Å²) in [6.07, 6.45) is 2.29. The van der Waals surface area contributed by atoms with E-state index in [-0.39, 0.29) is 39.2 Å². The second kappa shape index (κ2) is 17.1. The third kappa shape index (κ3) is 8.06. The second-order valence-electron chi connectivity index (χ2n) is 29.0. The van der Waals surface area contributed by atoms with Crippen LogP contribution in [-0.2, 0) is 32.5 Å². The number of benzene rings is 8. The van der Waals surface area contributed by atoms with Gasteiger partial charge in [-0.1, -0.05) is 202 Å². The summed E-state index contributed by atoms with van der Waals surface area (Å²) in [6.45, 7) is 37.4. The highest BCUT2D eigenvalue weighted by Gasteiger charge is 2.49. The molecule has 5 heteroatoms. The molecule has 4 heterocycles. The summed E-state index contributed by atoms with van der Waals surface area (Å²) >= 11 is 0. The van der Waals surface area contributed by atoms with Crippen molar-refractivity contribution in [1.29, 1.82) is 0 Å². The highest BCUT2D eigenvalue weighted by atomic mass is 16.3. The van der Waals surface area contributed by atoms with Crippen molar-refractivity contribution >= 4 is 90.2 Å². The van der Waals surface area contributed by atoms with Crippen LogP contribution in [0, 0.1) is 0 Å². The molecule has 0 fully saturated rings. The number of hydrogen-bond acceptors (Lipinski definition) is 3. The molecule has 0 unspecified atom stereocenters. The van der Waals surface area contributed by atoms with Gasteiger partial charge in [0, 0.05) is 44.5 Å². The fourth-order valence-corrected chi connectivity index (χ4v) is 13.6. The Morgan fingerprint density at radius 1 is 0.430 bits per heavy atom. The zero-order valence-electron chi connectivity index (χ0n) is 49.8. The van der Waals surface area contributed by atoms with Crippen LogP contribution in [0.15, 0.2) is 162 Å². The first-order valence-electron chi connectivity index (χ1n) is 29.1. The van der Waals surface area contributed by atoms with Crippen LogP contribution < -0.4 is 26.4 Å². The van der Waals surface area contributed by atoms with Gasteiger partial charge in [0.05, 0.1) is 33.8 Å². The quantitative estimate of drug-likeness (QED) is 0.164. The predicted molar refractivity (Wildman–Crippen MR) is 340 cm³/mol. The lowest BCUT2D eigenvalue weighted by Gasteiger charge is -2.45. The van der Waals surface area contributed by atoms with Gasteiger partial charge in [-0.3, -0.25) is 0 Å². The van der Waals surface area contributed by atoms with Crippen molar-refractivity contribution in [2.45, 2.75) is 156 Å². The van der Waals surface area contributed by atoms with E-state index in [1.165, 1.54) is 88.6 Å². The van der Waals surface area contributed by atoms with Gasteiger partial charge in [-0.15, -0.1) is 0 Å². The molecule has 0 saturated carbocycles. The molecule has 3 aliphatic rings. The molecule has 0 bridgehead atoms. The van der Waals surface area contributed by atoms with E-state index in [0.717, 1.165) is 57.9 Å². The van der Waals surface area contributed by atoms with Crippen LogP contribution in [0.5, 0.6) is 0 Å². The van der Waals surface area contributed by atoms with Crippen LogP contribution in [0.2, 0.25) is 0 Å². The number of fused-ring (bicyclic) bond motifs is 10. The van der Waals surface area contributed by atoms with Crippen molar-refractivity contribution < 1.29 is 4.42 Å². The van der Waals surface area contributed by atoms with Gasteiger partial charge in [-0.2, -0.15) is 0 Å². The molecule has 0 atom stereocenters. The number of hydrogen-bond donors (Lipinski definition) is 0. The van der Waals surface area contributed by atoms with Crippen molar-refractivity contribution in [3.63, 3.8) is 0 Å². The highest BCUT2D eigenvalue weighted by molar-refractivity contribution is 7.00. The molecule has 2 aromatic heterocycles. The van der Waals surface area contributed by atoms with Gasteiger partial charge in [0.15, 0.2) is 0 Å². The second-order valence-corrected chi connectivity index (χ2v) is 29.0. The summed E-state index contributed by atoms with van der Waals surface area (Å²) in [5.74, 6) is 0. The molecule has 13 rings (SSSR count). The maximum absolute atomic E-state index is 7.67. The first kappa shape index (κ1) is 51.2. The Hall–Kier alpha value is -7.24. The maximum Gasteiger partial charge on any atom is 0.297 e. The largest absolute Gasteiger partial charge is 0.468 e. The van der Waals surface area contributed by atoms with Crippen molar-refractivity contribution in [3.8, 4) is 16.8 Å². The monoisotopic (exact) mass is 1040 g/mol. The van der Waals surface area contributed by atoms with E-state index in [1.54, 1.807) is 0 Å². The third-order valence-corrected chi connectivity index (χ3v) is 18.5. The molecule has 4 nitrogen and oxygen atoms in total. The highest BCUT2D eigenvalue weighted by Crippen LogP contribution is 2.53. The van der Waals surface area contributed by atoms with Crippen LogP contribution in [-0.4, -0.2) is 11.3 Å². The van der Waals surface area contributed by atoms with Gasteiger partial charge >= 0.3 is 0 Å². The van der Waals surface area contributed by atoms with Gasteiger partial charge in [0.25, 0.3) is 6.71 Å². The van der Waals surface area contributed by atoms with E-state index in [9.17, 15) is 0 Å². The fraction of sp³-hybridized carbons (Fsp3) is 0.324. The molecule has 2 aliphatic heterocycles. The van der Waals surface area contributed by atoms with Crippen molar-refractivity contribution in [3.05, 3.63) is 191 Å². The van der Waals surface area contributed by atoms with E-state index in [4.69, 9.17) is 4.42 Å². The van der Waals surface area contributed by atoms with Gasteiger partial charge < -0.3 is 18.8 Å². The number of aromatic nitrogens is 1. The van der Waals surface area contributed by atoms with Gasteiger partial charge in [-0.25, -0.2) is 0 Å². The molecule has 0 saturated heterocycles. The molecule has 8 aromatic carbocycles. The lowest BCUT2D eigenvalue weighted by molar-refractivity contribution is 0.332. The van der Waals surface area contributed by atoms with Crippen molar-refractivity contribution in [2.75, 3.05) is 9.80 Å². The van der Waals surface area contributed by atoms with E-state index in [1.807, 2.05) is 0 Å². The minimum absolute atomic E-state index is 0.00780. The predicted octanol–water partition coefficient (Wildman–Crippen LogP) is 18.8. The normalized spacial score (nSPS) is 15.9. The van der Waals surface area contributed by atoms with E-state index in [0.29, 0.717) is 0 Å². The van der Waals surface area contributed by atoms with Crippen LogP contribution in [0.4, 0.5) is 34.1 Å². The Bertz CT molecular complexity index is 4080. The Labute approximate surface area is 470 Å². The van der Waals surface area contributed by atoms with Gasteiger partial charge in [0.2, 0.25) is 0 Å². The average molecular weight is 1040 g/mol. The molecular weight excluding hydrogens is 958 g/mol. The summed E-state index contributed by atoms with van der Waals surface area (Å²) in [4.78, 5) is 5.25. The molecule has 10 aromatic rings. The molecule has 0 amide bonds. The van der Waals surface area contributed by atoms with Crippen LogP contribution in [0.1, 0.15) is 157 Å². The number of para-hydroxylation sites is 2. The third-order valence-electron chi connectivity index (χ3n) is 18.5.